The van der Waals surface area contributed by atoms with Crippen LogP contribution in [0, 0.1) is 10.1 Å². The highest BCUT2D eigenvalue weighted by Gasteiger charge is 2.11. The van der Waals surface area contributed by atoms with Crippen molar-refractivity contribution in [3.05, 3.63) is 34.4 Å². The number of aromatic nitrogens is 4. The molecule has 2 rings (SSSR count). The van der Waals surface area contributed by atoms with Gasteiger partial charge >= 0.3 is 0 Å². The first-order valence-corrected chi connectivity index (χ1v) is 5.87. The smallest absolute Gasteiger partial charge is 0.276 e. The largest absolute Gasteiger partial charge is 0.362 e. The van der Waals surface area contributed by atoms with E-state index in [0.717, 1.165) is 6.54 Å². The number of nitro groups is 1. The van der Waals surface area contributed by atoms with Gasteiger partial charge in [-0.25, -0.2) is 10.8 Å². The number of nitrogens with two attached hydrogens (primary N) is 1. The Bertz CT molecular complexity index is 611. The van der Waals surface area contributed by atoms with Gasteiger partial charge < -0.3 is 15.3 Å². The molecule has 0 aliphatic heterocycles. The van der Waals surface area contributed by atoms with Crippen LogP contribution in [0.15, 0.2) is 18.5 Å². The lowest BCUT2D eigenvalue weighted by Gasteiger charge is -2.08. The number of anilines is 2. The van der Waals surface area contributed by atoms with Crippen LogP contribution in [-0.4, -0.2) is 24.7 Å². The van der Waals surface area contributed by atoms with Crippen LogP contribution in [0.3, 0.4) is 0 Å². The minimum Gasteiger partial charge on any atom is -0.362 e. The first-order chi connectivity index (χ1) is 9.63. The van der Waals surface area contributed by atoms with Crippen LogP contribution in [0.2, 0.25) is 0 Å². The second-order valence-corrected chi connectivity index (χ2v) is 3.88. The molecule has 106 valence electrons. The predicted molar refractivity (Wildman–Crippen MR) is 71.7 cm³/mol. The third kappa shape index (κ3) is 2.98. The van der Waals surface area contributed by atoms with Gasteiger partial charge in [0.15, 0.2) is 5.82 Å². The Labute approximate surface area is 114 Å². The van der Waals surface area contributed by atoms with Crippen LogP contribution in [0.25, 0.3) is 0 Å². The zero-order valence-corrected chi connectivity index (χ0v) is 10.8. The van der Waals surface area contributed by atoms with Gasteiger partial charge in [-0.05, 0) is 6.92 Å². The minimum atomic E-state index is -0.512. The standard InChI is InChI=1S/C10H14N8O2/c1-2-17-6-13-16-10(17)5-12-8-3-7(18(19)20)4-9(14-8)15-11/h3-4,6H,2,5,11H2,1H3,(H2,12,14,15). The molecule has 20 heavy (non-hydrogen) atoms. The van der Waals surface area contributed by atoms with E-state index in [1.807, 2.05) is 11.5 Å². The van der Waals surface area contributed by atoms with Crippen molar-refractivity contribution in [2.45, 2.75) is 20.0 Å². The summed E-state index contributed by atoms with van der Waals surface area (Å²) in [4.78, 5) is 14.4. The summed E-state index contributed by atoms with van der Waals surface area (Å²) in [6, 6.07) is 2.58. The molecule has 2 aromatic rings. The molecular weight excluding hydrogens is 264 g/mol. The monoisotopic (exact) mass is 278 g/mol. The Morgan fingerprint density at radius 3 is 2.85 bits per heavy atom. The third-order valence-electron chi connectivity index (χ3n) is 2.63. The molecule has 0 aliphatic carbocycles. The van der Waals surface area contributed by atoms with E-state index < -0.39 is 4.92 Å². The molecule has 2 heterocycles. The Morgan fingerprint density at radius 1 is 1.45 bits per heavy atom. The van der Waals surface area contributed by atoms with Crippen LogP contribution in [0.4, 0.5) is 17.3 Å². The predicted octanol–water partition coefficient (Wildman–Crippen LogP) is 0.499. The molecule has 0 aromatic carbocycles. The van der Waals surface area contributed by atoms with Crippen molar-refractivity contribution in [2.75, 3.05) is 10.7 Å². The lowest BCUT2D eigenvalue weighted by atomic mass is 10.3. The van der Waals surface area contributed by atoms with Crippen molar-refractivity contribution in [2.24, 2.45) is 5.84 Å². The molecule has 0 aliphatic rings. The molecule has 0 saturated heterocycles. The Balaban J connectivity index is 2.16. The number of nitrogens with zero attached hydrogens (tertiary/aromatic N) is 5. The summed E-state index contributed by atoms with van der Waals surface area (Å²) in [6.07, 6.45) is 1.62. The molecule has 10 nitrogen and oxygen atoms in total. The highest BCUT2D eigenvalue weighted by atomic mass is 16.6. The number of nitrogens with one attached hydrogen (secondary N) is 2. The van der Waals surface area contributed by atoms with Gasteiger partial charge in [-0.15, -0.1) is 10.2 Å². The molecule has 0 unspecified atom stereocenters. The summed E-state index contributed by atoms with van der Waals surface area (Å²) in [6.45, 7) is 3.06. The molecular formula is C10H14N8O2. The average molecular weight is 278 g/mol. The summed E-state index contributed by atoms with van der Waals surface area (Å²) in [7, 11) is 0. The van der Waals surface area contributed by atoms with Crippen molar-refractivity contribution in [1.82, 2.24) is 19.7 Å². The summed E-state index contributed by atoms with van der Waals surface area (Å²) < 4.78 is 1.85. The van der Waals surface area contributed by atoms with Gasteiger partial charge in [0.05, 0.1) is 23.6 Å². The van der Waals surface area contributed by atoms with E-state index in [4.69, 9.17) is 5.84 Å². The van der Waals surface area contributed by atoms with Crippen LogP contribution >= 0.6 is 0 Å². The number of hydrogen-bond donors (Lipinski definition) is 3. The lowest BCUT2D eigenvalue weighted by Crippen LogP contribution is -2.12. The summed E-state index contributed by atoms with van der Waals surface area (Å²) in [5, 5.41) is 21.5. The van der Waals surface area contributed by atoms with Crippen molar-refractivity contribution < 1.29 is 4.92 Å². The van der Waals surface area contributed by atoms with Gasteiger partial charge in [0.25, 0.3) is 5.69 Å². The third-order valence-corrected chi connectivity index (χ3v) is 2.63. The minimum absolute atomic E-state index is 0.104. The first kappa shape index (κ1) is 13.7. The number of hydrogen-bond acceptors (Lipinski definition) is 8. The van der Waals surface area contributed by atoms with E-state index in [0.29, 0.717) is 18.2 Å². The van der Waals surface area contributed by atoms with Gasteiger partial charge in [-0.2, -0.15) is 0 Å². The maximum atomic E-state index is 10.8. The lowest BCUT2D eigenvalue weighted by molar-refractivity contribution is -0.384. The van der Waals surface area contributed by atoms with Crippen molar-refractivity contribution in [1.29, 1.82) is 0 Å². The van der Waals surface area contributed by atoms with E-state index >= 15 is 0 Å². The number of nitrogen functional groups attached to an aromatic ring is 1. The normalized spacial score (nSPS) is 10.3. The van der Waals surface area contributed by atoms with Gasteiger partial charge in [-0.1, -0.05) is 0 Å². The SMILES string of the molecule is CCn1cnnc1CNc1cc([N+](=O)[O-])cc(NN)n1. The van der Waals surface area contributed by atoms with Gasteiger partial charge in [-0.3, -0.25) is 10.1 Å². The molecule has 0 saturated carbocycles. The maximum absolute atomic E-state index is 10.8. The summed E-state index contributed by atoms with van der Waals surface area (Å²) in [5.41, 5.74) is 2.19. The molecule has 2 aromatic heterocycles. The second-order valence-electron chi connectivity index (χ2n) is 3.88. The van der Waals surface area contributed by atoms with Crippen molar-refractivity contribution in [3.8, 4) is 0 Å². The Hall–Kier alpha value is -2.75. The van der Waals surface area contributed by atoms with Gasteiger partial charge in [0.1, 0.15) is 18.0 Å². The molecule has 10 heteroatoms. The van der Waals surface area contributed by atoms with Gasteiger partial charge in [0.2, 0.25) is 0 Å². The molecule has 0 fully saturated rings. The maximum Gasteiger partial charge on any atom is 0.276 e. The van der Waals surface area contributed by atoms with Crippen LogP contribution < -0.4 is 16.6 Å². The Morgan fingerprint density at radius 2 is 2.20 bits per heavy atom. The van der Waals surface area contributed by atoms with E-state index in [1.165, 1.54) is 12.1 Å². The molecule has 0 atom stereocenters. The first-order valence-electron chi connectivity index (χ1n) is 5.87. The number of pyridine rings is 1. The average Bonchev–Trinajstić information content (AvgIpc) is 2.92. The number of rotatable bonds is 6. The number of hydrazine groups is 1. The fourth-order valence-electron chi connectivity index (χ4n) is 1.64. The molecule has 4 N–H and O–H groups in total. The highest BCUT2D eigenvalue weighted by molar-refractivity contribution is 5.54. The van der Waals surface area contributed by atoms with Crippen LogP contribution in [0.5, 0.6) is 0 Å². The second kappa shape index (κ2) is 5.93. The zero-order valence-electron chi connectivity index (χ0n) is 10.8. The van der Waals surface area contributed by atoms with Crippen molar-refractivity contribution >= 4 is 17.3 Å². The van der Waals surface area contributed by atoms with E-state index in [9.17, 15) is 10.1 Å². The van der Waals surface area contributed by atoms with E-state index in [2.05, 4.69) is 25.9 Å². The highest BCUT2D eigenvalue weighted by Crippen LogP contribution is 2.20. The molecule has 0 spiro atoms. The van der Waals surface area contributed by atoms with Crippen LogP contribution in [-0.2, 0) is 13.1 Å². The van der Waals surface area contributed by atoms with Crippen LogP contribution in [0.1, 0.15) is 12.7 Å². The van der Waals surface area contributed by atoms with Crippen molar-refractivity contribution in [3.63, 3.8) is 0 Å². The summed E-state index contributed by atoms with van der Waals surface area (Å²) in [5.74, 6) is 6.48. The zero-order chi connectivity index (χ0) is 14.5. The fourth-order valence-corrected chi connectivity index (χ4v) is 1.64. The summed E-state index contributed by atoms with van der Waals surface area (Å²) >= 11 is 0. The van der Waals surface area contributed by atoms with E-state index in [1.54, 1.807) is 6.33 Å². The molecule has 0 amide bonds. The Kier molecular flexibility index (Phi) is 4.05. The quantitative estimate of drug-likeness (QED) is 0.394. The molecule has 0 bridgehead atoms. The van der Waals surface area contributed by atoms with E-state index in [-0.39, 0.29) is 11.5 Å². The fraction of sp³-hybridized carbons (Fsp3) is 0.300. The molecule has 0 radical (unpaired) electrons. The number of aryl methyl sites for hydroxylation is 1. The topological polar surface area (TPSA) is 137 Å². The van der Waals surface area contributed by atoms with Gasteiger partial charge in [0, 0.05) is 6.54 Å².